The van der Waals surface area contributed by atoms with Crippen LogP contribution in [0.15, 0.2) is 5.38 Å². The first kappa shape index (κ1) is 14.9. The summed E-state index contributed by atoms with van der Waals surface area (Å²) in [5.74, 6) is 0. The van der Waals surface area contributed by atoms with Crippen molar-refractivity contribution in [1.29, 1.82) is 0 Å². The molecule has 4 nitrogen and oxygen atoms in total. The van der Waals surface area contributed by atoms with Gasteiger partial charge in [-0.1, -0.05) is 6.92 Å². The van der Waals surface area contributed by atoms with Crippen molar-refractivity contribution in [3.63, 3.8) is 0 Å². The minimum absolute atomic E-state index is 0.795. The Labute approximate surface area is 120 Å². The van der Waals surface area contributed by atoms with E-state index in [1.807, 2.05) is 5.38 Å². The first-order valence-electron chi connectivity index (χ1n) is 7.11. The monoisotopic (exact) mass is 283 g/mol. The third-order valence-electron chi connectivity index (χ3n) is 3.73. The molecule has 0 bridgehead atoms. The van der Waals surface area contributed by atoms with Crippen LogP contribution in [0.4, 0.5) is 0 Å². The van der Waals surface area contributed by atoms with Crippen LogP contribution in [0.2, 0.25) is 0 Å². The molecule has 108 valence electrons. The van der Waals surface area contributed by atoms with Crippen LogP contribution in [-0.4, -0.2) is 59.2 Å². The van der Waals surface area contributed by atoms with E-state index in [0.717, 1.165) is 43.3 Å². The SMILES string of the molecule is CCN1CCN(CCc2nc(C(C)(C)O)cs2)CC1. The van der Waals surface area contributed by atoms with Gasteiger partial charge in [0, 0.05) is 44.5 Å². The van der Waals surface area contributed by atoms with Crippen LogP contribution in [-0.2, 0) is 12.0 Å². The molecule has 0 unspecified atom stereocenters. The van der Waals surface area contributed by atoms with Crippen molar-refractivity contribution < 1.29 is 5.11 Å². The molecule has 0 saturated carbocycles. The Balaban J connectivity index is 1.78. The summed E-state index contributed by atoms with van der Waals surface area (Å²) >= 11 is 1.66. The molecule has 0 aromatic carbocycles. The standard InChI is InChI=1S/C14H25N3OS/c1-4-16-7-9-17(10-8-16)6-5-13-15-12(11-19-13)14(2,3)18/h11,18H,4-10H2,1-3H3. The lowest BCUT2D eigenvalue weighted by atomic mass is 10.1. The first-order valence-corrected chi connectivity index (χ1v) is 7.99. The molecular weight excluding hydrogens is 258 g/mol. The van der Waals surface area contributed by atoms with E-state index in [9.17, 15) is 5.11 Å². The molecule has 1 fully saturated rings. The molecule has 19 heavy (non-hydrogen) atoms. The van der Waals surface area contributed by atoms with Crippen molar-refractivity contribution in [2.24, 2.45) is 0 Å². The molecule has 0 amide bonds. The summed E-state index contributed by atoms with van der Waals surface area (Å²) in [5.41, 5.74) is -0.0232. The van der Waals surface area contributed by atoms with E-state index in [1.54, 1.807) is 25.2 Å². The fourth-order valence-corrected chi connectivity index (χ4v) is 3.24. The van der Waals surface area contributed by atoms with Crippen molar-refractivity contribution in [2.45, 2.75) is 32.8 Å². The van der Waals surface area contributed by atoms with Gasteiger partial charge < -0.3 is 14.9 Å². The van der Waals surface area contributed by atoms with Gasteiger partial charge in [-0.2, -0.15) is 0 Å². The molecule has 1 aliphatic rings. The Morgan fingerprint density at radius 1 is 1.26 bits per heavy atom. The van der Waals surface area contributed by atoms with Crippen molar-refractivity contribution in [3.05, 3.63) is 16.1 Å². The summed E-state index contributed by atoms with van der Waals surface area (Å²) in [7, 11) is 0. The van der Waals surface area contributed by atoms with Gasteiger partial charge in [0.15, 0.2) is 0 Å². The molecule has 0 spiro atoms. The summed E-state index contributed by atoms with van der Waals surface area (Å²) in [6, 6.07) is 0. The predicted octanol–water partition coefficient (Wildman–Crippen LogP) is 1.55. The first-order chi connectivity index (χ1) is 8.99. The van der Waals surface area contributed by atoms with Gasteiger partial charge in [0.25, 0.3) is 0 Å². The van der Waals surface area contributed by atoms with Crippen LogP contribution >= 0.6 is 11.3 Å². The molecule has 0 atom stereocenters. The smallest absolute Gasteiger partial charge is 0.102 e. The quantitative estimate of drug-likeness (QED) is 0.890. The molecule has 1 N–H and O–H groups in total. The number of rotatable bonds is 5. The Bertz CT molecular complexity index is 392. The second kappa shape index (κ2) is 6.31. The van der Waals surface area contributed by atoms with Gasteiger partial charge in [0.2, 0.25) is 0 Å². The zero-order chi connectivity index (χ0) is 13.9. The Morgan fingerprint density at radius 3 is 2.42 bits per heavy atom. The normalized spacial score (nSPS) is 18.9. The van der Waals surface area contributed by atoms with Gasteiger partial charge in [-0.25, -0.2) is 4.98 Å². The van der Waals surface area contributed by atoms with Gasteiger partial charge >= 0.3 is 0 Å². The third-order valence-corrected chi connectivity index (χ3v) is 4.64. The molecule has 0 aliphatic carbocycles. The largest absolute Gasteiger partial charge is 0.384 e. The second-order valence-corrected chi connectivity index (χ2v) is 6.65. The fraction of sp³-hybridized carbons (Fsp3) is 0.786. The molecule has 5 heteroatoms. The molecule has 1 aromatic rings. The maximum Gasteiger partial charge on any atom is 0.102 e. The van der Waals surface area contributed by atoms with Crippen LogP contribution in [0, 0.1) is 0 Å². The van der Waals surface area contributed by atoms with E-state index >= 15 is 0 Å². The summed E-state index contributed by atoms with van der Waals surface area (Å²) in [5, 5.41) is 13.0. The van der Waals surface area contributed by atoms with Crippen molar-refractivity contribution >= 4 is 11.3 Å². The molecule has 1 aliphatic heterocycles. The number of nitrogens with zero attached hydrogens (tertiary/aromatic N) is 3. The second-order valence-electron chi connectivity index (χ2n) is 5.71. The summed E-state index contributed by atoms with van der Waals surface area (Å²) in [6.45, 7) is 12.7. The number of hydrogen-bond donors (Lipinski definition) is 1. The fourth-order valence-electron chi connectivity index (χ4n) is 2.29. The van der Waals surface area contributed by atoms with E-state index in [-0.39, 0.29) is 0 Å². The van der Waals surface area contributed by atoms with Crippen LogP contribution in [0.1, 0.15) is 31.5 Å². The number of thiazole rings is 1. The zero-order valence-electron chi connectivity index (χ0n) is 12.2. The highest BCUT2D eigenvalue weighted by Gasteiger charge is 2.20. The molecular formula is C14H25N3OS. The number of aliphatic hydroxyl groups is 1. The van der Waals surface area contributed by atoms with E-state index in [4.69, 9.17) is 0 Å². The number of piperazine rings is 1. The van der Waals surface area contributed by atoms with Gasteiger partial charge in [0.05, 0.1) is 10.7 Å². The zero-order valence-corrected chi connectivity index (χ0v) is 13.0. The number of likely N-dealkylation sites (N-methyl/N-ethyl adjacent to an activating group) is 1. The summed E-state index contributed by atoms with van der Waals surface area (Å²) in [6.07, 6.45) is 0.993. The highest BCUT2D eigenvalue weighted by atomic mass is 32.1. The van der Waals surface area contributed by atoms with E-state index in [0.29, 0.717) is 0 Å². The average Bonchev–Trinajstić information content (AvgIpc) is 2.86. The topological polar surface area (TPSA) is 39.6 Å². The van der Waals surface area contributed by atoms with Crippen molar-refractivity contribution in [2.75, 3.05) is 39.3 Å². The van der Waals surface area contributed by atoms with Crippen molar-refractivity contribution in [1.82, 2.24) is 14.8 Å². The van der Waals surface area contributed by atoms with Crippen molar-refractivity contribution in [3.8, 4) is 0 Å². The van der Waals surface area contributed by atoms with E-state index < -0.39 is 5.60 Å². The maximum atomic E-state index is 9.90. The summed E-state index contributed by atoms with van der Waals surface area (Å²) < 4.78 is 0. The Morgan fingerprint density at radius 2 is 1.89 bits per heavy atom. The predicted molar refractivity (Wildman–Crippen MR) is 79.6 cm³/mol. The molecule has 1 saturated heterocycles. The number of hydrogen-bond acceptors (Lipinski definition) is 5. The van der Waals surface area contributed by atoms with Gasteiger partial charge in [0.1, 0.15) is 5.60 Å². The van der Waals surface area contributed by atoms with Crippen LogP contribution < -0.4 is 0 Å². The molecule has 2 heterocycles. The lowest BCUT2D eigenvalue weighted by Gasteiger charge is -2.33. The third kappa shape index (κ3) is 4.24. The van der Waals surface area contributed by atoms with Crippen LogP contribution in [0.3, 0.4) is 0 Å². The minimum atomic E-state index is -0.818. The van der Waals surface area contributed by atoms with Gasteiger partial charge in [-0.15, -0.1) is 11.3 Å². The van der Waals surface area contributed by atoms with Crippen LogP contribution in [0.5, 0.6) is 0 Å². The Kier molecular flexibility index (Phi) is 4.95. The highest BCUT2D eigenvalue weighted by molar-refractivity contribution is 7.09. The lowest BCUT2D eigenvalue weighted by Crippen LogP contribution is -2.46. The maximum absolute atomic E-state index is 9.90. The van der Waals surface area contributed by atoms with Crippen LogP contribution in [0.25, 0.3) is 0 Å². The molecule has 0 radical (unpaired) electrons. The Hall–Kier alpha value is -0.490. The summed E-state index contributed by atoms with van der Waals surface area (Å²) in [4.78, 5) is 9.53. The molecule has 1 aromatic heterocycles. The lowest BCUT2D eigenvalue weighted by molar-refractivity contribution is 0.0743. The van der Waals surface area contributed by atoms with E-state index in [2.05, 4.69) is 21.7 Å². The minimum Gasteiger partial charge on any atom is -0.384 e. The average molecular weight is 283 g/mol. The number of aromatic nitrogens is 1. The van der Waals surface area contributed by atoms with Gasteiger partial charge in [-0.05, 0) is 20.4 Å². The molecule has 2 rings (SSSR count). The van der Waals surface area contributed by atoms with E-state index in [1.165, 1.54) is 13.1 Å². The highest BCUT2D eigenvalue weighted by Crippen LogP contribution is 2.22. The van der Waals surface area contributed by atoms with Gasteiger partial charge in [-0.3, -0.25) is 0 Å².